The Labute approximate surface area is 123 Å². The van der Waals surface area contributed by atoms with Crippen molar-refractivity contribution in [3.05, 3.63) is 64.2 Å². The van der Waals surface area contributed by atoms with E-state index in [0.717, 1.165) is 18.2 Å². The number of benzene rings is 2. The zero-order valence-electron chi connectivity index (χ0n) is 10.4. The number of carbonyl (C=O) groups is 2. The van der Waals surface area contributed by atoms with Gasteiger partial charge in [-0.15, -0.1) is 0 Å². The number of aromatic carboxylic acids is 1. The lowest BCUT2D eigenvalue weighted by molar-refractivity contribution is 0.0697. The molecule has 0 aromatic heterocycles. The largest absolute Gasteiger partial charge is 0.478 e. The molecule has 108 valence electrons. The Morgan fingerprint density at radius 3 is 2.19 bits per heavy atom. The first-order valence-electron chi connectivity index (χ1n) is 5.69. The lowest BCUT2D eigenvalue weighted by atomic mass is 10.1. The monoisotopic (exact) mass is 311 g/mol. The normalized spacial score (nSPS) is 10.2. The summed E-state index contributed by atoms with van der Waals surface area (Å²) < 4.78 is 27.0. The molecule has 2 aromatic carbocycles. The number of carbonyl (C=O) groups excluding carboxylic acids is 1. The van der Waals surface area contributed by atoms with Crippen molar-refractivity contribution < 1.29 is 23.5 Å². The van der Waals surface area contributed by atoms with Gasteiger partial charge in [-0.3, -0.25) is 4.79 Å². The quantitative estimate of drug-likeness (QED) is 0.910. The molecule has 0 saturated carbocycles. The minimum atomic E-state index is -1.41. The Kier molecular flexibility index (Phi) is 4.18. The molecule has 0 fully saturated rings. The van der Waals surface area contributed by atoms with E-state index in [4.69, 9.17) is 16.7 Å². The maximum absolute atomic E-state index is 13.7. The van der Waals surface area contributed by atoms with Crippen molar-refractivity contribution >= 4 is 29.2 Å². The number of halogens is 3. The summed E-state index contributed by atoms with van der Waals surface area (Å²) in [4.78, 5) is 23.0. The summed E-state index contributed by atoms with van der Waals surface area (Å²) in [6.45, 7) is 0. The number of anilines is 1. The fourth-order valence-corrected chi connectivity index (χ4v) is 1.90. The van der Waals surface area contributed by atoms with Gasteiger partial charge in [-0.05, 0) is 24.3 Å². The number of hydrogen-bond donors (Lipinski definition) is 2. The second kappa shape index (κ2) is 5.88. The van der Waals surface area contributed by atoms with Crippen molar-refractivity contribution in [1.29, 1.82) is 0 Å². The average Bonchev–Trinajstić information content (AvgIpc) is 2.43. The first-order valence-corrected chi connectivity index (χ1v) is 6.06. The third kappa shape index (κ3) is 3.00. The minimum absolute atomic E-state index is 0.226. The molecule has 0 unspecified atom stereocenters. The highest BCUT2D eigenvalue weighted by Crippen LogP contribution is 2.24. The van der Waals surface area contributed by atoms with E-state index in [1.807, 2.05) is 0 Å². The molecule has 0 aliphatic heterocycles. The zero-order valence-corrected chi connectivity index (χ0v) is 11.1. The highest BCUT2D eigenvalue weighted by Gasteiger charge is 2.19. The molecule has 0 atom stereocenters. The van der Waals surface area contributed by atoms with Gasteiger partial charge in [0.25, 0.3) is 5.91 Å². The Morgan fingerprint density at radius 2 is 1.57 bits per heavy atom. The van der Waals surface area contributed by atoms with Crippen molar-refractivity contribution in [2.24, 2.45) is 0 Å². The smallest absolute Gasteiger partial charge is 0.337 e. The van der Waals surface area contributed by atoms with E-state index in [2.05, 4.69) is 5.32 Å². The SMILES string of the molecule is O=C(Nc1c(F)cccc1C(=O)O)c1cccc(F)c1Cl. The Bertz CT molecular complexity index is 734. The predicted octanol–water partition coefficient (Wildman–Crippen LogP) is 3.57. The Hall–Kier alpha value is -2.47. The molecule has 0 aliphatic carbocycles. The predicted molar refractivity (Wildman–Crippen MR) is 72.7 cm³/mol. The van der Waals surface area contributed by atoms with E-state index in [-0.39, 0.29) is 5.56 Å². The highest BCUT2D eigenvalue weighted by atomic mass is 35.5. The summed E-state index contributed by atoms with van der Waals surface area (Å²) in [6, 6.07) is 6.88. The molecule has 0 heterocycles. The van der Waals surface area contributed by atoms with Crippen LogP contribution in [0.25, 0.3) is 0 Å². The maximum atomic E-state index is 13.7. The summed E-state index contributed by atoms with van der Waals surface area (Å²) in [5, 5.41) is 10.6. The summed E-state index contributed by atoms with van der Waals surface area (Å²) in [5.74, 6) is -4.05. The van der Waals surface area contributed by atoms with Crippen LogP contribution in [0.4, 0.5) is 14.5 Å². The van der Waals surface area contributed by atoms with E-state index in [9.17, 15) is 18.4 Å². The zero-order chi connectivity index (χ0) is 15.6. The number of para-hydroxylation sites is 1. The molecule has 4 nitrogen and oxygen atoms in total. The van der Waals surface area contributed by atoms with Crippen molar-refractivity contribution in [3.63, 3.8) is 0 Å². The number of carboxylic acid groups (broad SMARTS) is 1. The number of hydrogen-bond acceptors (Lipinski definition) is 2. The molecule has 7 heteroatoms. The molecular formula is C14H8ClF2NO3. The summed E-state index contributed by atoms with van der Waals surface area (Å²) in [7, 11) is 0. The van der Waals surface area contributed by atoms with E-state index in [1.54, 1.807) is 0 Å². The van der Waals surface area contributed by atoms with Crippen molar-refractivity contribution in [2.75, 3.05) is 5.32 Å². The van der Waals surface area contributed by atoms with Gasteiger partial charge >= 0.3 is 5.97 Å². The number of rotatable bonds is 3. The second-order valence-electron chi connectivity index (χ2n) is 4.02. The van der Waals surface area contributed by atoms with Crippen LogP contribution >= 0.6 is 11.6 Å². The number of carboxylic acids is 1. The van der Waals surface area contributed by atoms with Gasteiger partial charge in [0.2, 0.25) is 0 Å². The molecule has 2 N–H and O–H groups in total. The molecular weight excluding hydrogens is 304 g/mol. The van der Waals surface area contributed by atoms with Crippen LogP contribution in [-0.4, -0.2) is 17.0 Å². The van der Waals surface area contributed by atoms with Crippen molar-refractivity contribution in [1.82, 2.24) is 0 Å². The molecule has 2 aromatic rings. The molecule has 21 heavy (non-hydrogen) atoms. The van der Waals surface area contributed by atoms with Crippen LogP contribution in [0.1, 0.15) is 20.7 Å². The highest BCUT2D eigenvalue weighted by molar-refractivity contribution is 6.34. The van der Waals surface area contributed by atoms with Crippen LogP contribution in [0.3, 0.4) is 0 Å². The molecule has 0 aliphatic rings. The second-order valence-corrected chi connectivity index (χ2v) is 4.40. The van der Waals surface area contributed by atoms with E-state index in [1.165, 1.54) is 18.2 Å². The minimum Gasteiger partial charge on any atom is -0.478 e. The number of nitrogens with one attached hydrogen (secondary N) is 1. The molecule has 0 bridgehead atoms. The van der Waals surface area contributed by atoms with Crippen LogP contribution < -0.4 is 5.32 Å². The van der Waals surface area contributed by atoms with Gasteiger partial charge in [-0.2, -0.15) is 0 Å². The van der Waals surface area contributed by atoms with E-state index in [0.29, 0.717) is 0 Å². The van der Waals surface area contributed by atoms with E-state index >= 15 is 0 Å². The maximum Gasteiger partial charge on any atom is 0.337 e. The lowest BCUT2D eigenvalue weighted by Gasteiger charge is -2.10. The molecule has 2 rings (SSSR count). The van der Waals surface area contributed by atoms with Gasteiger partial charge in [-0.25, -0.2) is 13.6 Å². The average molecular weight is 312 g/mol. The summed E-state index contributed by atoms with van der Waals surface area (Å²) in [5.41, 5.74) is -1.15. The van der Waals surface area contributed by atoms with Crippen LogP contribution in [-0.2, 0) is 0 Å². The summed E-state index contributed by atoms with van der Waals surface area (Å²) in [6.07, 6.45) is 0. The first kappa shape index (κ1) is 14.9. The molecule has 0 saturated heterocycles. The molecule has 0 radical (unpaired) electrons. The van der Waals surface area contributed by atoms with Crippen LogP contribution in [0.5, 0.6) is 0 Å². The molecule has 1 amide bonds. The third-order valence-electron chi connectivity index (χ3n) is 2.68. The third-order valence-corrected chi connectivity index (χ3v) is 3.06. The van der Waals surface area contributed by atoms with Gasteiger partial charge in [0.15, 0.2) is 0 Å². The first-order chi connectivity index (χ1) is 9.91. The van der Waals surface area contributed by atoms with E-state index < -0.39 is 39.8 Å². The van der Waals surface area contributed by atoms with Crippen LogP contribution in [0.15, 0.2) is 36.4 Å². The topological polar surface area (TPSA) is 66.4 Å². The fraction of sp³-hybridized carbons (Fsp3) is 0. The fourth-order valence-electron chi connectivity index (χ4n) is 1.69. The van der Waals surface area contributed by atoms with Crippen LogP contribution in [0.2, 0.25) is 5.02 Å². The van der Waals surface area contributed by atoms with Gasteiger partial charge in [-0.1, -0.05) is 23.7 Å². The van der Waals surface area contributed by atoms with Crippen molar-refractivity contribution in [3.8, 4) is 0 Å². The van der Waals surface area contributed by atoms with Gasteiger partial charge < -0.3 is 10.4 Å². The van der Waals surface area contributed by atoms with Gasteiger partial charge in [0.1, 0.15) is 11.6 Å². The van der Waals surface area contributed by atoms with Crippen molar-refractivity contribution in [2.45, 2.75) is 0 Å². The summed E-state index contributed by atoms with van der Waals surface area (Å²) >= 11 is 5.65. The van der Waals surface area contributed by atoms with Gasteiger partial charge in [0, 0.05) is 0 Å². The molecule has 0 spiro atoms. The Balaban J connectivity index is 2.41. The standard InChI is InChI=1S/C14H8ClF2NO3/c15-11-7(3-1-5-9(11)16)13(19)18-12-8(14(20)21)4-2-6-10(12)17/h1-6H,(H,18,19)(H,20,21). The number of amides is 1. The lowest BCUT2D eigenvalue weighted by Crippen LogP contribution is -2.17. The van der Waals surface area contributed by atoms with Gasteiger partial charge in [0.05, 0.1) is 21.8 Å². The Morgan fingerprint density at radius 1 is 1.00 bits per heavy atom. The van der Waals surface area contributed by atoms with Crippen LogP contribution in [0, 0.1) is 11.6 Å².